The van der Waals surface area contributed by atoms with Gasteiger partial charge >= 0.3 is 5.97 Å². The molecule has 3 rings (SSSR count). The SMILES string of the molecule is O=C(OCC(=O)N1CCN(S(=O)(=O)c2ccccc2)CC1)[C@H]1CCCO1. The Morgan fingerprint density at radius 1 is 1.12 bits per heavy atom. The van der Waals surface area contributed by atoms with Gasteiger partial charge in [-0.3, -0.25) is 4.79 Å². The molecule has 0 saturated carbocycles. The quantitative estimate of drug-likeness (QED) is 0.678. The summed E-state index contributed by atoms with van der Waals surface area (Å²) < 4.78 is 36.7. The summed E-state index contributed by atoms with van der Waals surface area (Å²) in [6, 6.07) is 8.21. The van der Waals surface area contributed by atoms with Crippen molar-refractivity contribution in [3.8, 4) is 0 Å². The zero-order valence-electron chi connectivity index (χ0n) is 14.4. The van der Waals surface area contributed by atoms with E-state index < -0.39 is 22.1 Å². The topological polar surface area (TPSA) is 93.2 Å². The van der Waals surface area contributed by atoms with Gasteiger partial charge in [0.2, 0.25) is 10.0 Å². The van der Waals surface area contributed by atoms with Crippen LogP contribution in [0, 0.1) is 0 Å². The van der Waals surface area contributed by atoms with Gasteiger partial charge in [0.25, 0.3) is 5.91 Å². The van der Waals surface area contributed by atoms with Crippen LogP contribution >= 0.6 is 0 Å². The Morgan fingerprint density at radius 3 is 2.42 bits per heavy atom. The van der Waals surface area contributed by atoms with Gasteiger partial charge in [0.15, 0.2) is 12.7 Å². The number of benzene rings is 1. The van der Waals surface area contributed by atoms with E-state index in [1.807, 2.05) is 0 Å². The molecular formula is C17H22N2O6S. The summed E-state index contributed by atoms with van der Waals surface area (Å²) >= 11 is 0. The second-order valence-corrected chi connectivity index (χ2v) is 8.15. The van der Waals surface area contributed by atoms with Gasteiger partial charge in [-0.05, 0) is 25.0 Å². The number of nitrogens with zero attached hydrogens (tertiary/aromatic N) is 2. The highest BCUT2D eigenvalue weighted by atomic mass is 32.2. The van der Waals surface area contributed by atoms with Gasteiger partial charge in [0, 0.05) is 32.8 Å². The Bertz CT molecular complexity index is 738. The van der Waals surface area contributed by atoms with E-state index in [1.165, 1.54) is 9.21 Å². The summed E-state index contributed by atoms with van der Waals surface area (Å²) in [6.07, 6.45) is 0.852. The first kappa shape index (κ1) is 18.8. The van der Waals surface area contributed by atoms with Crippen molar-refractivity contribution in [1.82, 2.24) is 9.21 Å². The van der Waals surface area contributed by atoms with Crippen molar-refractivity contribution in [2.75, 3.05) is 39.4 Å². The van der Waals surface area contributed by atoms with Crippen molar-refractivity contribution < 1.29 is 27.5 Å². The van der Waals surface area contributed by atoms with Gasteiger partial charge in [-0.2, -0.15) is 4.31 Å². The molecule has 2 fully saturated rings. The van der Waals surface area contributed by atoms with Crippen molar-refractivity contribution in [3.05, 3.63) is 30.3 Å². The summed E-state index contributed by atoms with van der Waals surface area (Å²) in [4.78, 5) is 25.7. The molecule has 0 radical (unpaired) electrons. The fourth-order valence-corrected chi connectivity index (χ4v) is 4.44. The zero-order chi connectivity index (χ0) is 18.6. The normalized spacial score (nSPS) is 21.5. The van der Waals surface area contributed by atoms with Crippen molar-refractivity contribution >= 4 is 21.9 Å². The first-order chi connectivity index (χ1) is 12.5. The molecule has 2 heterocycles. The molecule has 1 atom stereocenters. The predicted molar refractivity (Wildman–Crippen MR) is 91.7 cm³/mol. The third-order valence-corrected chi connectivity index (χ3v) is 6.42. The number of piperazine rings is 1. The first-order valence-corrected chi connectivity index (χ1v) is 10.0. The number of carbonyl (C=O) groups is 2. The van der Waals surface area contributed by atoms with E-state index in [0.717, 1.165) is 6.42 Å². The van der Waals surface area contributed by atoms with E-state index in [4.69, 9.17) is 9.47 Å². The summed E-state index contributed by atoms with van der Waals surface area (Å²) in [6.45, 7) is 1.14. The molecule has 0 unspecified atom stereocenters. The van der Waals surface area contributed by atoms with E-state index in [9.17, 15) is 18.0 Å². The average molecular weight is 382 g/mol. The largest absolute Gasteiger partial charge is 0.454 e. The predicted octanol–water partition coefficient (Wildman–Crippen LogP) is 0.242. The van der Waals surface area contributed by atoms with Crippen LogP contribution in [0.1, 0.15) is 12.8 Å². The van der Waals surface area contributed by atoms with E-state index >= 15 is 0 Å². The second-order valence-electron chi connectivity index (χ2n) is 6.21. The molecule has 8 nitrogen and oxygen atoms in total. The maximum Gasteiger partial charge on any atom is 0.335 e. The van der Waals surface area contributed by atoms with Gasteiger partial charge in [-0.15, -0.1) is 0 Å². The highest BCUT2D eigenvalue weighted by Crippen LogP contribution is 2.17. The van der Waals surface area contributed by atoms with Crippen molar-refractivity contribution in [3.63, 3.8) is 0 Å². The minimum Gasteiger partial charge on any atom is -0.454 e. The molecule has 0 aliphatic carbocycles. The lowest BCUT2D eigenvalue weighted by Crippen LogP contribution is -2.51. The monoisotopic (exact) mass is 382 g/mol. The summed E-state index contributed by atoms with van der Waals surface area (Å²) in [5.41, 5.74) is 0. The van der Waals surface area contributed by atoms with Gasteiger partial charge < -0.3 is 14.4 Å². The van der Waals surface area contributed by atoms with Gasteiger partial charge in [-0.1, -0.05) is 18.2 Å². The van der Waals surface area contributed by atoms with E-state index in [1.54, 1.807) is 30.3 Å². The lowest BCUT2D eigenvalue weighted by molar-refractivity contribution is -0.160. The fraction of sp³-hybridized carbons (Fsp3) is 0.529. The molecule has 1 aromatic carbocycles. The molecule has 2 aliphatic heterocycles. The first-order valence-electron chi connectivity index (χ1n) is 8.60. The minimum atomic E-state index is -3.55. The van der Waals surface area contributed by atoms with Crippen LogP contribution in [0.3, 0.4) is 0 Å². The van der Waals surface area contributed by atoms with Crippen LogP contribution in [-0.4, -0.2) is 75.0 Å². The molecule has 2 saturated heterocycles. The van der Waals surface area contributed by atoms with E-state index in [-0.39, 0.29) is 43.6 Å². The van der Waals surface area contributed by atoms with Crippen molar-refractivity contribution in [1.29, 1.82) is 0 Å². The maximum absolute atomic E-state index is 12.6. The summed E-state index contributed by atoms with van der Waals surface area (Å²) in [5, 5.41) is 0. The Morgan fingerprint density at radius 2 is 1.81 bits per heavy atom. The van der Waals surface area contributed by atoms with E-state index in [0.29, 0.717) is 13.0 Å². The maximum atomic E-state index is 12.6. The zero-order valence-corrected chi connectivity index (χ0v) is 15.2. The second kappa shape index (κ2) is 8.15. The third kappa shape index (κ3) is 4.22. The molecule has 1 amide bonds. The van der Waals surface area contributed by atoms with Crippen LogP contribution in [0.5, 0.6) is 0 Å². The van der Waals surface area contributed by atoms with Crippen LogP contribution in [-0.2, 0) is 29.1 Å². The number of sulfonamides is 1. The Kier molecular flexibility index (Phi) is 5.90. The smallest absolute Gasteiger partial charge is 0.335 e. The minimum absolute atomic E-state index is 0.211. The number of amides is 1. The molecule has 26 heavy (non-hydrogen) atoms. The van der Waals surface area contributed by atoms with Gasteiger partial charge in [0.1, 0.15) is 0 Å². The number of hydrogen-bond donors (Lipinski definition) is 0. The van der Waals surface area contributed by atoms with Gasteiger partial charge in [-0.25, -0.2) is 13.2 Å². The van der Waals surface area contributed by atoms with E-state index in [2.05, 4.69) is 0 Å². The number of rotatable bonds is 5. The fourth-order valence-electron chi connectivity index (χ4n) is 3.00. The number of carbonyl (C=O) groups excluding carboxylic acids is 2. The molecule has 2 aliphatic rings. The molecule has 9 heteroatoms. The number of hydrogen-bond acceptors (Lipinski definition) is 6. The Balaban J connectivity index is 1.48. The molecule has 0 aromatic heterocycles. The summed E-state index contributed by atoms with van der Waals surface area (Å²) in [5.74, 6) is -0.839. The van der Waals surface area contributed by atoms with Crippen LogP contribution in [0.2, 0.25) is 0 Å². The molecular weight excluding hydrogens is 360 g/mol. The van der Waals surface area contributed by atoms with Gasteiger partial charge in [0.05, 0.1) is 4.90 Å². The number of ether oxygens (including phenoxy) is 2. The molecule has 142 valence electrons. The van der Waals surface area contributed by atoms with Crippen LogP contribution < -0.4 is 0 Å². The molecule has 0 N–H and O–H groups in total. The lowest BCUT2D eigenvalue weighted by atomic mass is 10.2. The van der Waals surface area contributed by atoms with Crippen molar-refractivity contribution in [2.45, 2.75) is 23.8 Å². The lowest BCUT2D eigenvalue weighted by Gasteiger charge is -2.33. The number of esters is 1. The summed E-state index contributed by atoms with van der Waals surface area (Å²) in [7, 11) is -3.55. The van der Waals surface area contributed by atoms with Crippen molar-refractivity contribution in [2.24, 2.45) is 0 Å². The third-order valence-electron chi connectivity index (χ3n) is 4.50. The van der Waals surface area contributed by atoms with Crippen LogP contribution in [0.4, 0.5) is 0 Å². The Labute approximate surface area is 152 Å². The Hall–Kier alpha value is -1.97. The average Bonchev–Trinajstić information content (AvgIpc) is 3.21. The van der Waals surface area contributed by atoms with Crippen LogP contribution in [0.15, 0.2) is 35.2 Å². The van der Waals surface area contributed by atoms with Crippen LogP contribution in [0.25, 0.3) is 0 Å². The molecule has 0 bridgehead atoms. The molecule has 1 aromatic rings. The highest BCUT2D eigenvalue weighted by molar-refractivity contribution is 7.89. The molecule has 0 spiro atoms. The standard InChI is InChI=1S/C17H22N2O6S/c20-16(13-25-17(21)15-7-4-12-24-15)18-8-10-19(11-9-18)26(22,23)14-5-2-1-3-6-14/h1-3,5-6,15H,4,7-13H2/t15-/m1/s1. The highest BCUT2D eigenvalue weighted by Gasteiger charge is 2.31.